The van der Waals surface area contributed by atoms with Crippen molar-refractivity contribution in [3.05, 3.63) is 16.4 Å². The number of thiocarbonyl (C=S) groups is 1. The normalized spacial score (nSPS) is 16.6. The summed E-state index contributed by atoms with van der Waals surface area (Å²) >= 11 is 11.7. The average Bonchev–Trinajstić information content (AvgIpc) is 2.70. The zero-order chi connectivity index (χ0) is 16.1. The second-order valence-electron chi connectivity index (χ2n) is 5.51. The smallest absolute Gasteiger partial charge is 0.170 e. The van der Waals surface area contributed by atoms with Crippen molar-refractivity contribution >= 4 is 28.9 Å². The lowest BCUT2D eigenvalue weighted by Crippen LogP contribution is -2.42. The molecule has 22 heavy (non-hydrogen) atoms. The molecule has 0 amide bonds. The van der Waals surface area contributed by atoms with Gasteiger partial charge in [-0.25, -0.2) is 0 Å². The number of nitrogens with one attached hydrogen (secondary N) is 1. The molecule has 0 aromatic carbocycles. The highest BCUT2D eigenvalue weighted by Gasteiger charge is 2.19. The fourth-order valence-corrected chi connectivity index (χ4v) is 3.13. The van der Waals surface area contributed by atoms with E-state index in [0.717, 1.165) is 60.7 Å². The van der Waals surface area contributed by atoms with Crippen LogP contribution in [0.1, 0.15) is 17.7 Å². The molecule has 1 fully saturated rings. The van der Waals surface area contributed by atoms with Crippen LogP contribution in [0.4, 0.5) is 0 Å². The van der Waals surface area contributed by atoms with Crippen LogP contribution in [0, 0.1) is 6.92 Å². The van der Waals surface area contributed by atoms with Gasteiger partial charge in [-0.15, -0.1) is 0 Å². The van der Waals surface area contributed by atoms with Gasteiger partial charge in [-0.1, -0.05) is 11.6 Å². The number of aromatic nitrogens is 2. The Labute approximate surface area is 142 Å². The van der Waals surface area contributed by atoms with Crippen LogP contribution >= 0.6 is 23.8 Å². The Morgan fingerprint density at radius 1 is 1.36 bits per heavy atom. The Bertz CT molecular complexity index is 522. The predicted octanol–water partition coefficient (Wildman–Crippen LogP) is 1.37. The first-order chi connectivity index (χ1) is 10.5. The van der Waals surface area contributed by atoms with E-state index in [4.69, 9.17) is 28.6 Å². The average molecular weight is 346 g/mol. The Kier molecular flexibility index (Phi) is 6.43. The first kappa shape index (κ1) is 17.5. The van der Waals surface area contributed by atoms with Crippen LogP contribution in [0.2, 0.25) is 5.15 Å². The standard InChI is InChI=1S/C14H24ClN5OS/c1-11-12(13(15)18(2)17-11)9-19-5-4-6-20(8-7-19)14(22)16-10-21-3/h4-10H2,1-3H3,(H,16,22). The monoisotopic (exact) mass is 345 g/mol. The summed E-state index contributed by atoms with van der Waals surface area (Å²) in [4.78, 5) is 4.61. The van der Waals surface area contributed by atoms with Gasteiger partial charge in [0.1, 0.15) is 11.9 Å². The third kappa shape index (κ3) is 4.32. The van der Waals surface area contributed by atoms with Gasteiger partial charge in [-0.05, 0) is 25.6 Å². The Balaban J connectivity index is 1.91. The minimum absolute atomic E-state index is 0.448. The third-order valence-electron chi connectivity index (χ3n) is 3.90. The summed E-state index contributed by atoms with van der Waals surface area (Å²) in [6.45, 7) is 7.16. The maximum Gasteiger partial charge on any atom is 0.170 e. The zero-order valence-corrected chi connectivity index (χ0v) is 15.0. The van der Waals surface area contributed by atoms with E-state index in [-0.39, 0.29) is 0 Å². The highest BCUT2D eigenvalue weighted by atomic mass is 35.5. The number of halogens is 1. The molecule has 0 unspecified atom stereocenters. The van der Waals surface area contributed by atoms with Crippen LogP contribution < -0.4 is 5.32 Å². The fraction of sp³-hybridized carbons (Fsp3) is 0.714. The molecule has 0 atom stereocenters. The predicted molar refractivity (Wildman–Crippen MR) is 92.0 cm³/mol. The molecule has 0 spiro atoms. The molecule has 124 valence electrons. The van der Waals surface area contributed by atoms with E-state index < -0.39 is 0 Å². The number of ether oxygens (including phenoxy) is 1. The quantitative estimate of drug-likeness (QED) is 0.657. The molecule has 1 aromatic heterocycles. The van der Waals surface area contributed by atoms with Gasteiger partial charge in [0.15, 0.2) is 5.11 Å². The van der Waals surface area contributed by atoms with E-state index in [1.54, 1.807) is 11.8 Å². The van der Waals surface area contributed by atoms with E-state index in [9.17, 15) is 0 Å². The summed E-state index contributed by atoms with van der Waals surface area (Å²) in [5, 5.41) is 8.97. The fourth-order valence-electron chi connectivity index (χ4n) is 2.65. The second-order valence-corrected chi connectivity index (χ2v) is 6.25. The van der Waals surface area contributed by atoms with Crippen LogP contribution in [-0.2, 0) is 18.3 Å². The number of hydrogen-bond donors (Lipinski definition) is 1. The molecule has 1 saturated heterocycles. The summed E-state index contributed by atoms with van der Waals surface area (Å²) in [6.07, 6.45) is 1.08. The molecule has 1 aliphatic heterocycles. The van der Waals surface area contributed by atoms with Crippen molar-refractivity contribution in [1.29, 1.82) is 0 Å². The first-order valence-electron chi connectivity index (χ1n) is 7.45. The molecule has 1 N–H and O–H groups in total. The summed E-state index contributed by atoms with van der Waals surface area (Å²) in [7, 11) is 3.53. The maximum absolute atomic E-state index is 6.33. The largest absolute Gasteiger partial charge is 0.365 e. The number of methoxy groups -OCH3 is 1. The number of hydrogen-bond acceptors (Lipinski definition) is 4. The summed E-state index contributed by atoms with van der Waals surface area (Å²) in [6, 6.07) is 0. The Morgan fingerprint density at radius 2 is 2.14 bits per heavy atom. The molecule has 0 saturated carbocycles. The Hall–Kier alpha value is -0.890. The van der Waals surface area contributed by atoms with Crippen LogP contribution in [0.25, 0.3) is 0 Å². The molecule has 0 bridgehead atoms. The number of aryl methyl sites for hydroxylation is 2. The van der Waals surface area contributed by atoms with E-state index in [1.807, 2.05) is 14.0 Å². The summed E-state index contributed by atoms with van der Waals surface area (Å²) < 4.78 is 6.74. The Morgan fingerprint density at radius 3 is 2.77 bits per heavy atom. The topological polar surface area (TPSA) is 45.6 Å². The molecule has 6 nitrogen and oxygen atoms in total. The molecule has 1 aromatic rings. The summed E-state index contributed by atoms with van der Waals surface area (Å²) in [5.41, 5.74) is 2.13. The van der Waals surface area contributed by atoms with Crippen molar-refractivity contribution in [1.82, 2.24) is 24.9 Å². The van der Waals surface area contributed by atoms with Gasteiger partial charge < -0.3 is 15.0 Å². The van der Waals surface area contributed by atoms with Gasteiger partial charge in [0.2, 0.25) is 0 Å². The van der Waals surface area contributed by atoms with Crippen molar-refractivity contribution in [2.75, 3.05) is 40.0 Å². The molecule has 8 heteroatoms. The first-order valence-corrected chi connectivity index (χ1v) is 8.23. The SMILES string of the molecule is COCNC(=S)N1CCCN(Cc2c(C)nn(C)c2Cl)CC1. The molecular formula is C14H24ClN5OS. The maximum atomic E-state index is 6.33. The lowest BCUT2D eigenvalue weighted by atomic mass is 10.2. The highest BCUT2D eigenvalue weighted by Crippen LogP contribution is 2.21. The van der Waals surface area contributed by atoms with Crippen molar-refractivity contribution < 1.29 is 4.74 Å². The van der Waals surface area contributed by atoms with E-state index in [0.29, 0.717) is 6.73 Å². The van der Waals surface area contributed by atoms with Gasteiger partial charge in [0.05, 0.1) is 5.69 Å². The van der Waals surface area contributed by atoms with Gasteiger partial charge in [0.25, 0.3) is 0 Å². The van der Waals surface area contributed by atoms with Crippen molar-refractivity contribution in [3.8, 4) is 0 Å². The molecule has 2 rings (SSSR count). The van der Waals surface area contributed by atoms with Crippen molar-refractivity contribution in [2.24, 2.45) is 7.05 Å². The highest BCUT2D eigenvalue weighted by molar-refractivity contribution is 7.80. The van der Waals surface area contributed by atoms with Crippen LogP contribution in [0.15, 0.2) is 0 Å². The zero-order valence-electron chi connectivity index (χ0n) is 13.4. The minimum atomic E-state index is 0.448. The molecular weight excluding hydrogens is 322 g/mol. The van der Waals surface area contributed by atoms with E-state index in [1.165, 1.54) is 0 Å². The molecule has 0 aliphatic carbocycles. The molecule has 2 heterocycles. The van der Waals surface area contributed by atoms with Crippen molar-refractivity contribution in [3.63, 3.8) is 0 Å². The van der Waals surface area contributed by atoms with Gasteiger partial charge in [-0.2, -0.15) is 5.10 Å². The van der Waals surface area contributed by atoms with Crippen molar-refractivity contribution in [2.45, 2.75) is 19.9 Å². The van der Waals surface area contributed by atoms with Gasteiger partial charge >= 0.3 is 0 Å². The lowest BCUT2D eigenvalue weighted by Gasteiger charge is -2.24. The van der Waals surface area contributed by atoms with Crippen LogP contribution in [0.3, 0.4) is 0 Å². The van der Waals surface area contributed by atoms with Gasteiger partial charge in [0, 0.05) is 52.4 Å². The van der Waals surface area contributed by atoms with Gasteiger partial charge in [-0.3, -0.25) is 9.58 Å². The van der Waals surface area contributed by atoms with E-state index >= 15 is 0 Å². The molecule has 1 aliphatic rings. The minimum Gasteiger partial charge on any atom is -0.365 e. The third-order valence-corrected chi connectivity index (χ3v) is 4.77. The van der Waals surface area contributed by atoms with Crippen LogP contribution in [0.5, 0.6) is 0 Å². The lowest BCUT2D eigenvalue weighted by molar-refractivity contribution is 0.188. The van der Waals surface area contributed by atoms with E-state index in [2.05, 4.69) is 20.2 Å². The number of rotatable bonds is 4. The summed E-state index contributed by atoms with van der Waals surface area (Å²) in [5.74, 6) is 0. The van der Waals surface area contributed by atoms with Crippen LogP contribution in [-0.4, -0.2) is 64.7 Å². The second kappa shape index (κ2) is 8.10. The molecule has 0 radical (unpaired) electrons. The number of nitrogens with zero attached hydrogens (tertiary/aromatic N) is 4.